The summed E-state index contributed by atoms with van der Waals surface area (Å²) in [6, 6.07) is 8.07. The van der Waals surface area contributed by atoms with Gasteiger partial charge in [0.15, 0.2) is 0 Å². The highest BCUT2D eigenvalue weighted by Crippen LogP contribution is 2.37. The minimum Gasteiger partial charge on any atom is -0.439 e. The highest BCUT2D eigenvalue weighted by atomic mass is 19.3. The van der Waals surface area contributed by atoms with Gasteiger partial charge in [0, 0.05) is 6.20 Å². The van der Waals surface area contributed by atoms with E-state index in [1.807, 2.05) is 40.7 Å². The Morgan fingerprint density at radius 1 is 1.08 bits per heavy atom. The number of nitrogens with zero attached hydrogens (tertiary/aromatic N) is 1. The van der Waals surface area contributed by atoms with E-state index in [0.717, 1.165) is 11.0 Å². The molecule has 1 fully saturated rings. The molecule has 1 aliphatic rings. The van der Waals surface area contributed by atoms with E-state index in [0.29, 0.717) is 5.75 Å². The lowest BCUT2D eigenvalue weighted by molar-refractivity contribution is 0.00578. The molecule has 4 nitrogen and oxygen atoms in total. The number of aromatic nitrogens is 1. The zero-order valence-electron chi connectivity index (χ0n) is 15.5. The zero-order chi connectivity index (χ0) is 19.1. The molecule has 1 saturated heterocycles. The summed E-state index contributed by atoms with van der Waals surface area (Å²) in [5, 5.41) is 0. The van der Waals surface area contributed by atoms with Crippen molar-refractivity contribution in [2.75, 3.05) is 0 Å². The molecule has 1 aliphatic heterocycles. The normalized spacial score (nSPS) is 18.4. The van der Waals surface area contributed by atoms with Crippen LogP contribution in [0, 0.1) is 6.92 Å². The fourth-order valence-corrected chi connectivity index (χ4v) is 2.71. The summed E-state index contributed by atoms with van der Waals surface area (Å²) in [6.45, 7) is 9.87. The van der Waals surface area contributed by atoms with Gasteiger partial charge in [-0.25, -0.2) is 13.8 Å². The fraction of sp³-hybridized carbons (Fsp3) is 0.421. The average molecular weight is 361 g/mol. The van der Waals surface area contributed by atoms with Crippen molar-refractivity contribution < 1.29 is 22.8 Å². The Balaban J connectivity index is 1.84. The van der Waals surface area contributed by atoms with Gasteiger partial charge in [-0.1, -0.05) is 6.07 Å². The van der Waals surface area contributed by atoms with E-state index in [9.17, 15) is 8.78 Å². The molecular weight excluding hydrogens is 339 g/mol. The third kappa shape index (κ3) is 3.46. The van der Waals surface area contributed by atoms with Crippen LogP contribution in [-0.4, -0.2) is 23.3 Å². The van der Waals surface area contributed by atoms with Crippen molar-refractivity contribution in [3.63, 3.8) is 0 Å². The molecule has 7 heteroatoms. The number of ether oxygens (including phenoxy) is 1. The van der Waals surface area contributed by atoms with Crippen molar-refractivity contribution in [3.8, 4) is 11.6 Å². The van der Waals surface area contributed by atoms with Gasteiger partial charge in [0.25, 0.3) is 6.43 Å². The molecule has 0 bridgehead atoms. The van der Waals surface area contributed by atoms with Crippen molar-refractivity contribution in [3.05, 3.63) is 47.7 Å². The zero-order valence-corrected chi connectivity index (χ0v) is 15.5. The summed E-state index contributed by atoms with van der Waals surface area (Å²) >= 11 is 0. The van der Waals surface area contributed by atoms with Crippen LogP contribution in [-0.2, 0) is 9.31 Å². The van der Waals surface area contributed by atoms with Crippen LogP contribution in [0.3, 0.4) is 0 Å². The molecule has 0 N–H and O–H groups in total. The summed E-state index contributed by atoms with van der Waals surface area (Å²) in [5.41, 5.74) is 0.667. The highest BCUT2D eigenvalue weighted by Gasteiger charge is 2.52. The van der Waals surface area contributed by atoms with Gasteiger partial charge in [0.2, 0.25) is 5.88 Å². The van der Waals surface area contributed by atoms with E-state index in [1.54, 1.807) is 12.1 Å². The van der Waals surface area contributed by atoms with E-state index < -0.39 is 24.7 Å². The summed E-state index contributed by atoms with van der Waals surface area (Å²) in [6.07, 6.45) is -1.23. The standard InChI is InChI=1S/C19H22BF2NO3/c1-12-11-13(24-17-14(16(21)22)7-6-10-23-17)8-9-15(12)20-25-18(2,3)19(4,5)26-20/h6-11,16H,1-5H3. The van der Waals surface area contributed by atoms with Gasteiger partial charge >= 0.3 is 7.12 Å². The fourth-order valence-electron chi connectivity index (χ4n) is 2.71. The lowest BCUT2D eigenvalue weighted by Crippen LogP contribution is -2.41. The molecule has 0 saturated carbocycles. The molecule has 2 heterocycles. The maximum Gasteiger partial charge on any atom is 0.495 e. The third-order valence-electron chi connectivity index (χ3n) is 5.00. The molecule has 0 radical (unpaired) electrons. The first-order valence-electron chi connectivity index (χ1n) is 8.48. The Bertz CT molecular complexity index is 795. The lowest BCUT2D eigenvalue weighted by Gasteiger charge is -2.32. The number of hydrogen-bond donors (Lipinski definition) is 0. The molecule has 3 rings (SSSR count). The second-order valence-corrected chi connectivity index (χ2v) is 7.41. The number of alkyl halides is 2. The predicted octanol–water partition coefficient (Wildman–Crippen LogP) is 4.42. The van der Waals surface area contributed by atoms with Gasteiger partial charge in [-0.3, -0.25) is 0 Å². The molecule has 0 atom stereocenters. The maximum atomic E-state index is 13.1. The van der Waals surface area contributed by atoms with Crippen molar-refractivity contribution in [2.24, 2.45) is 0 Å². The Kier molecular flexibility index (Phi) is 4.79. The van der Waals surface area contributed by atoms with Crippen LogP contribution in [0.15, 0.2) is 36.5 Å². The Hall–Kier alpha value is -1.99. The second kappa shape index (κ2) is 6.63. The summed E-state index contributed by atoms with van der Waals surface area (Å²) in [4.78, 5) is 3.91. The maximum absolute atomic E-state index is 13.1. The molecule has 0 amide bonds. The topological polar surface area (TPSA) is 40.6 Å². The van der Waals surface area contributed by atoms with Gasteiger partial charge in [0.1, 0.15) is 5.75 Å². The van der Waals surface area contributed by atoms with Crippen LogP contribution in [0.25, 0.3) is 0 Å². The Morgan fingerprint density at radius 3 is 2.31 bits per heavy atom. The van der Waals surface area contributed by atoms with Gasteiger partial charge in [-0.15, -0.1) is 0 Å². The van der Waals surface area contributed by atoms with Crippen LogP contribution in [0.5, 0.6) is 11.6 Å². The highest BCUT2D eigenvalue weighted by molar-refractivity contribution is 6.62. The number of benzene rings is 1. The summed E-state index contributed by atoms with van der Waals surface area (Å²) < 4.78 is 43.8. The van der Waals surface area contributed by atoms with Gasteiger partial charge in [0.05, 0.1) is 16.8 Å². The number of pyridine rings is 1. The number of rotatable bonds is 4. The van der Waals surface area contributed by atoms with Crippen LogP contribution in [0.4, 0.5) is 8.78 Å². The van der Waals surface area contributed by atoms with E-state index in [1.165, 1.54) is 18.3 Å². The molecule has 138 valence electrons. The number of hydrogen-bond acceptors (Lipinski definition) is 4. The van der Waals surface area contributed by atoms with Gasteiger partial charge < -0.3 is 14.0 Å². The molecule has 1 aromatic carbocycles. The minimum atomic E-state index is -2.65. The molecule has 1 aromatic heterocycles. The SMILES string of the molecule is Cc1cc(Oc2ncccc2C(F)F)ccc1B1OC(C)(C)C(C)(C)O1. The van der Waals surface area contributed by atoms with Crippen molar-refractivity contribution in [2.45, 2.75) is 52.2 Å². The first-order chi connectivity index (χ1) is 12.1. The monoisotopic (exact) mass is 361 g/mol. The molecule has 0 unspecified atom stereocenters. The molecule has 2 aromatic rings. The molecular formula is C19H22BF2NO3. The summed E-state index contributed by atoms with van der Waals surface area (Å²) in [5.74, 6) is 0.341. The van der Waals surface area contributed by atoms with Gasteiger partial charge in [-0.2, -0.15) is 0 Å². The van der Waals surface area contributed by atoms with Crippen LogP contribution < -0.4 is 10.2 Å². The average Bonchev–Trinajstić information content (AvgIpc) is 2.75. The molecule has 0 spiro atoms. The third-order valence-corrected chi connectivity index (χ3v) is 5.00. The minimum absolute atomic E-state index is 0.0923. The first-order valence-corrected chi connectivity index (χ1v) is 8.48. The number of aryl methyl sites for hydroxylation is 1. The van der Waals surface area contributed by atoms with Crippen molar-refractivity contribution in [1.82, 2.24) is 4.98 Å². The predicted molar refractivity (Wildman–Crippen MR) is 96.2 cm³/mol. The quantitative estimate of drug-likeness (QED) is 0.756. The summed E-state index contributed by atoms with van der Waals surface area (Å²) in [7, 11) is -0.486. The first kappa shape index (κ1) is 18.8. The van der Waals surface area contributed by atoms with E-state index in [2.05, 4.69) is 4.98 Å². The Labute approximate surface area is 152 Å². The lowest BCUT2D eigenvalue weighted by atomic mass is 9.76. The van der Waals surface area contributed by atoms with Crippen LogP contribution >= 0.6 is 0 Å². The van der Waals surface area contributed by atoms with E-state index in [-0.39, 0.29) is 11.4 Å². The molecule has 0 aliphatic carbocycles. The second-order valence-electron chi connectivity index (χ2n) is 7.41. The van der Waals surface area contributed by atoms with E-state index >= 15 is 0 Å². The number of halogens is 2. The largest absolute Gasteiger partial charge is 0.495 e. The van der Waals surface area contributed by atoms with Crippen LogP contribution in [0.2, 0.25) is 0 Å². The Morgan fingerprint density at radius 2 is 1.73 bits per heavy atom. The molecule has 26 heavy (non-hydrogen) atoms. The van der Waals surface area contributed by atoms with Crippen molar-refractivity contribution in [1.29, 1.82) is 0 Å². The van der Waals surface area contributed by atoms with Crippen molar-refractivity contribution >= 4 is 12.6 Å². The van der Waals surface area contributed by atoms with Gasteiger partial charge in [-0.05, 0) is 69.9 Å². The smallest absolute Gasteiger partial charge is 0.439 e. The van der Waals surface area contributed by atoms with Crippen LogP contribution in [0.1, 0.15) is 45.2 Å². The van der Waals surface area contributed by atoms with E-state index in [4.69, 9.17) is 14.0 Å².